The molecule has 0 radical (unpaired) electrons. The van der Waals surface area contributed by atoms with Crippen molar-refractivity contribution in [3.05, 3.63) is 48.6 Å². The Morgan fingerprint density at radius 1 is 0.583 bits per heavy atom. The summed E-state index contributed by atoms with van der Waals surface area (Å²) in [5.41, 5.74) is 0. The second-order valence-electron chi connectivity index (χ2n) is 2.44. The summed E-state index contributed by atoms with van der Waals surface area (Å²) < 4.78 is 0. The largest absolute Gasteiger partial charge is 0.0848 e. The molecule has 0 aliphatic carbocycles. The minimum absolute atomic E-state index is 1.10. The zero-order valence-corrected chi connectivity index (χ0v) is 8.03. The van der Waals surface area contributed by atoms with Crippen LogP contribution in [-0.4, -0.2) is 0 Å². The molecule has 0 fully saturated rings. The van der Waals surface area contributed by atoms with Crippen molar-refractivity contribution in [2.75, 3.05) is 0 Å². The van der Waals surface area contributed by atoms with Crippen LogP contribution in [-0.2, 0) is 0 Å². The zero-order chi connectivity index (χ0) is 9.07. The first kappa shape index (κ1) is 11.0. The molecule has 0 amide bonds. The van der Waals surface area contributed by atoms with Crippen LogP contribution in [0.4, 0.5) is 0 Å². The Kier molecular flexibility index (Phi) is 9.10. The Bertz CT molecular complexity index is 158. The Morgan fingerprint density at radius 2 is 0.917 bits per heavy atom. The molecule has 0 aromatic carbocycles. The van der Waals surface area contributed by atoms with Crippen LogP contribution in [0, 0.1) is 0 Å². The van der Waals surface area contributed by atoms with Crippen LogP contribution >= 0.6 is 0 Å². The Balaban J connectivity index is 3.52. The van der Waals surface area contributed by atoms with Crippen LogP contribution in [0.3, 0.4) is 0 Å². The molecule has 0 nitrogen and oxygen atoms in total. The normalized spacial score (nSPS) is 13.2. The average Bonchev–Trinajstić information content (AvgIpc) is 2.10. The average molecular weight is 162 g/mol. The Morgan fingerprint density at radius 3 is 1.25 bits per heavy atom. The topological polar surface area (TPSA) is 0 Å². The van der Waals surface area contributed by atoms with E-state index in [9.17, 15) is 0 Å². The standard InChI is InChI=1S/C12H18/c1-3-5-7-9-11-12-10-8-6-4-2/h5-12H,3-4H2,1-2H3/b7-5+,8-6+,11-9+,12-10+. The summed E-state index contributed by atoms with van der Waals surface area (Å²) in [4.78, 5) is 0. The van der Waals surface area contributed by atoms with Gasteiger partial charge in [0, 0.05) is 0 Å². The Labute approximate surface area is 76.0 Å². The molecule has 0 atom stereocenters. The molecule has 0 heteroatoms. The van der Waals surface area contributed by atoms with Crippen molar-refractivity contribution in [2.24, 2.45) is 0 Å². The van der Waals surface area contributed by atoms with E-state index >= 15 is 0 Å². The van der Waals surface area contributed by atoms with Crippen molar-refractivity contribution in [1.29, 1.82) is 0 Å². The van der Waals surface area contributed by atoms with Crippen molar-refractivity contribution in [3.63, 3.8) is 0 Å². The first-order chi connectivity index (χ1) is 5.91. The highest BCUT2D eigenvalue weighted by atomic mass is 13.7. The zero-order valence-electron chi connectivity index (χ0n) is 8.03. The fourth-order valence-electron chi connectivity index (χ4n) is 0.686. The van der Waals surface area contributed by atoms with Gasteiger partial charge in [-0.3, -0.25) is 0 Å². The van der Waals surface area contributed by atoms with E-state index in [1.165, 1.54) is 0 Å². The van der Waals surface area contributed by atoms with Crippen LogP contribution in [0.2, 0.25) is 0 Å². The maximum Gasteiger partial charge on any atom is -0.0376 e. The van der Waals surface area contributed by atoms with E-state index in [1.54, 1.807) is 0 Å². The summed E-state index contributed by atoms with van der Waals surface area (Å²) in [6.07, 6.45) is 18.7. The Hall–Kier alpha value is -1.04. The maximum atomic E-state index is 2.13. The van der Waals surface area contributed by atoms with Gasteiger partial charge in [0.1, 0.15) is 0 Å². The van der Waals surface area contributed by atoms with Crippen LogP contribution in [0.25, 0.3) is 0 Å². The molecule has 0 rings (SSSR count). The summed E-state index contributed by atoms with van der Waals surface area (Å²) >= 11 is 0. The van der Waals surface area contributed by atoms with Gasteiger partial charge in [-0.15, -0.1) is 0 Å². The summed E-state index contributed by atoms with van der Waals surface area (Å²) in [5, 5.41) is 0. The van der Waals surface area contributed by atoms with Gasteiger partial charge in [-0.25, -0.2) is 0 Å². The molecule has 0 saturated heterocycles. The fourth-order valence-corrected chi connectivity index (χ4v) is 0.686. The number of hydrogen-bond donors (Lipinski definition) is 0. The number of allylic oxidation sites excluding steroid dienone is 8. The van der Waals surface area contributed by atoms with Gasteiger partial charge in [0.2, 0.25) is 0 Å². The van der Waals surface area contributed by atoms with Crippen molar-refractivity contribution in [2.45, 2.75) is 26.7 Å². The van der Waals surface area contributed by atoms with E-state index in [0.717, 1.165) is 12.8 Å². The second kappa shape index (κ2) is 9.96. The van der Waals surface area contributed by atoms with E-state index in [2.05, 4.69) is 38.2 Å². The predicted molar refractivity (Wildman–Crippen MR) is 57.1 cm³/mol. The van der Waals surface area contributed by atoms with Gasteiger partial charge in [-0.2, -0.15) is 0 Å². The van der Waals surface area contributed by atoms with Gasteiger partial charge in [0.25, 0.3) is 0 Å². The highest BCUT2D eigenvalue weighted by molar-refractivity contribution is 5.15. The molecule has 0 spiro atoms. The van der Waals surface area contributed by atoms with E-state index in [4.69, 9.17) is 0 Å². The lowest BCUT2D eigenvalue weighted by Crippen LogP contribution is -1.53. The van der Waals surface area contributed by atoms with Crippen LogP contribution < -0.4 is 0 Å². The minimum Gasteiger partial charge on any atom is -0.0848 e. The lowest BCUT2D eigenvalue weighted by atomic mass is 10.3. The van der Waals surface area contributed by atoms with Crippen molar-refractivity contribution in [3.8, 4) is 0 Å². The molecule has 0 saturated carbocycles. The van der Waals surface area contributed by atoms with Gasteiger partial charge in [0.05, 0.1) is 0 Å². The van der Waals surface area contributed by atoms with Gasteiger partial charge in [0.15, 0.2) is 0 Å². The monoisotopic (exact) mass is 162 g/mol. The molecular formula is C12H18. The van der Waals surface area contributed by atoms with Gasteiger partial charge in [-0.1, -0.05) is 62.5 Å². The van der Waals surface area contributed by atoms with Gasteiger partial charge in [-0.05, 0) is 12.8 Å². The molecule has 0 aromatic rings. The molecule has 66 valence electrons. The molecule has 0 unspecified atom stereocenters. The van der Waals surface area contributed by atoms with E-state index in [0.29, 0.717) is 0 Å². The molecule has 0 aliphatic heterocycles. The maximum absolute atomic E-state index is 2.13. The first-order valence-corrected chi connectivity index (χ1v) is 4.56. The molecule has 12 heavy (non-hydrogen) atoms. The highest BCUT2D eigenvalue weighted by Crippen LogP contribution is 1.85. The molecular weight excluding hydrogens is 144 g/mol. The molecule has 0 aliphatic rings. The number of hydrogen-bond acceptors (Lipinski definition) is 0. The molecule has 0 aromatic heterocycles. The summed E-state index contributed by atoms with van der Waals surface area (Å²) in [5.74, 6) is 0. The van der Waals surface area contributed by atoms with Gasteiger partial charge >= 0.3 is 0 Å². The lowest BCUT2D eigenvalue weighted by molar-refractivity contribution is 1.22. The summed E-state index contributed by atoms with van der Waals surface area (Å²) in [6.45, 7) is 4.26. The lowest BCUT2D eigenvalue weighted by Gasteiger charge is -1.75. The summed E-state index contributed by atoms with van der Waals surface area (Å²) in [6, 6.07) is 0. The third-order valence-corrected chi connectivity index (χ3v) is 1.30. The molecule has 0 N–H and O–H groups in total. The van der Waals surface area contributed by atoms with Crippen molar-refractivity contribution in [1.82, 2.24) is 0 Å². The van der Waals surface area contributed by atoms with Gasteiger partial charge < -0.3 is 0 Å². The van der Waals surface area contributed by atoms with E-state index in [1.807, 2.05) is 24.3 Å². The molecule has 0 heterocycles. The van der Waals surface area contributed by atoms with E-state index in [-0.39, 0.29) is 0 Å². The predicted octanol–water partition coefficient (Wildman–Crippen LogP) is 4.03. The first-order valence-electron chi connectivity index (χ1n) is 4.56. The minimum atomic E-state index is 1.10. The van der Waals surface area contributed by atoms with Crippen LogP contribution in [0.15, 0.2) is 48.6 Å². The van der Waals surface area contributed by atoms with Crippen molar-refractivity contribution >= 4 is 0 Å². The van der Waals surface area contributed by atoms with Crippen LogP contribution in [0.5, 0.6) is 0 Å². The third kappa shape index (κ3) is 8.96. The smallest absolute Gasteiger partial charge is 0.0376 e. The SMILES string of the molecule is CC/C=C/C=C/C=C/C=C/CC. The third-order valence-electron chi connectivity index (χ3n) is 1.30. The fraction of sp³-hybridized carbons (Fsp3) is 0.333. The highest BCUT2D eigenvalue weighted by Gasteiger charge is 1.63. The van der Waals surface area contributed by atoms with Crippen molar-refractivity contribution < 1.29 is 0 Å². The molecule has 0 bridgehead atoms. The summed E-state index contributed by atoms with van der Waals surface area (Å²) in [7, 11) is 0. The quantitative estimate of drug-likeness (QED) is 0.535. The number of rotatable bonds is 5. The second-order valence-corrected chi connectivity index (χ2v) is 2.44. The van der Waals surface area contributed by atoms with E-state index < -0.39 is 0 Å². The van der Waals surface area contributed by atoms with Crippen LogP contribution in [0.1, 0.15) is 26.7 Å².